The van der Waals surface area contributed by atoms with Crippen molar-refractivity contribution >= 4 is 37.3 Å². The highest BCUT2D eigenvalue weighted by atomic mass is 79.9. The third kappa shape index (κ3) is 1.95. The van der Waals surface area contributed by atoms with E-state index in [1.54, 1.807) is 11.4 Å². The Morgan fingerprint density at radius 2 is 2.25 bits per heavy atom. The van der Waals surface area contributed by atoms with Gasteiger partial charge in [0.2, 0.25) is 0 Å². The first kappa shape index (κ1) is 12.5. The summed E-state index contributed by atoms with van der Waals surface area (Å²) in [4.78, 5) is 0. The van der Waals surface area contributed by atoms with E-state index in [-0.39, 0.29) is 13.1 Å². The second-order valence-corrected chi connectivity index (χ2v) is 7.81. The molecule has 0 aromatic carbocycles. The average molecular weight is 326 g/mol. The van der Waals surface area contributed by atoms with E-state index in [9.17, 15) is 13.5 Å². The lowest BCUT2D eigenvalue weighted by Crippen LogP contribution is -2.62. The van der Waals surface area contributed by atoms with Crippen LogP contribution in [0.3, 0.4) is 0 Å². The summed E-state index contributed by atoms with van der Waals surface area (Å²) >= 11 is 4.40. The van der Waals surface area contributed by atoms with Crippen LogP contribution in [-0.4, -0.2) is 36.5 Å². The Bertz CT molecular complexity index is 491. The molecule has 0 atom stereocenters. The van der Waals surface area contributed by atoms with E-state index in [0.717, 1.165) is 0 Å². The molecule has 0 unspecified atom stereocenters. The van der Waals surface area contributed by atoms with Crippen LogP contribution in [0.15, 0.2) is 20.1 Å². The Morgan fingerprint density at radius 1 is 1.62 bits per heavy atom. The first-order chi connectivity index (χ1) is 7.39. The first-order valence-corrected chi connectivity index (χ1v) is 7.96. The van der Waals surface area contributed by atoms with Crippen molar-refractivity contribution in [1.82, 2.24) is 4.31 Å². The molecule has 7 heteroatoms. The molecular weight excluding hydrogens is 314 g/mol. The van der Waals surface area contributed by atoms with Crippen molar-refractivity contribution in [3.63, 3.8) is 0 Å². The molecule has 4 nitrogen and oxygen atoms in total. The summed E-state index contributed by atoms with van der Waals surface area (Å²) in [6.07, 6.45) is 0.574. The van der Waals surface area contributed by atoms with Crippen LogP contribution in [0.5, 0.6) is 0 Å². The van der Waals surface area contributed by atoms with Crippen LogP contribution in [-0.2, 0) is 10.0 Å². The minimum absolute atomic E-state index is 0.191. The fourth-order valence-electron chi connectivity index (χ4n) is 1.58. The average Bonchev–Trinajstić information content (AvgIpc) is 2.60. The standard InChI is InChI=1S/C9H12BrNO3S2/c1-2-9(12)5-11(6-9)16(13,14)8-7(10)3-4-15-8/h3-4,12H,2,5-6H2,1H3. The molecule has 90 valence electrons. The molecule has 1 aromatic heterocycles. The number of halogens is 1. The van der Waals surface area contributed by atoms with Gasteiger partial charge in [0, 0.05) is 17.6 Å². The number of aliphatic hydroxyl groups is 1. The highest BCUT2D eigenvalue weighted by Crippen LogP contribution is 2.35. The summed E-state index contributed by atoms with van der Waals surface area (Å²) in [5.41, 5.74) is -0.837. The van der Waals surface area contributed by atoms with Crippen LogP contribution in [0.25, 0.3) is 0 Å². The molecule has 1 saturated heterocycles. The number of β-amino-alcohol motifs (C(OH)–C–C–N with tert-alkyl or cyclic N) is 1. The summed E-state index contributed by atoms with van der Waals surface area (Å²) < 4.78 is 26.4. The van der Waals surface area contributed by atoms with Gasteiger partial charge in [-0.3, -0.25) is 0 Å². The van der Waals surface area contributed by atoms with Crippen LogP contribution < -0.4 is 0 Å². The number of sulfonamides is 1. The highest BCUT2D eigenvalue weighted by molar-refractivity contribution is 9.10. The first-order valence-electron chi connectivity index (χ1n) is 4.84. The molecule has 0 spiro atoms. The molecule has 2 rings (SSSR count). The number of thiophene rings is 1. The zero-order valence-electron chi connectivity index (χ0n) is 8.68. The summed E-state index contributed by atoms with van der Waals surface area (Å²) in [5.74, 6) is 0. The number of hydrogen-bond acceptors (Lipinski definition) is 4. The Hall–Kier alpha value is 0.0500. The van der Waals surface area contributed by atoms with E-state index in [0.29, 0.717) is 15.1 Å². The molecule has 1 aliphatic heterocycles. The van der Waals surface area contributed by atoms with Crippen molar-refractivity contribution in [2.75, 3.05) is 13.1 Å². The van der Waals surface area contributed by atoms with Crippen molar-refractivity contribution in [1.29, 1.82) is 0 Å². The molecule has 0 aliphatic carbocycles. The van der Waals surface area contributed by atoms with E-state index >= 15 is 0 Å². The molecule has 1 N–H and O–H groups in total. The summed E-state index contributed by atoms with van der Waals surface area (Å²) in [6, 6.07) is 1.71. The molecule has 0 amide bonds. The van der Waals surface area contributed by atoms with Crippen molar-refractivity contribution in [2.45, 2.75) is 23.2 Å². The molecule has 0 bridgehead atoms. The number of nitrogens with zero attached hydrogens (tertiary/aromatic N) is 1. The van der Waals surface area contributed by atoms with Gasteiger partial charge in [0.25, 0.3) is 10.0 Å². The molecule has 1 fully saturated rings. The zero-order valence-corrected chi connectivity index (χ0v) is 11.9. The van der Waals surface area contributed by atoms with Crippen LogP contribution in [0, 0.1) is 0 Å². The van der Waals surface area contributed by atoms with Crippen molar-refractivity contribution < 1.29 is 13.5 Å². The van der Waals surface area contributed by atoms with Crippen molar-refractivity contribution in [3.8, 4) is 0 Å². The molecular formula is C9H12BrNO3S2. The second-order valence-electron chi connectivity index (χ2n) is 3.91. The van der Waals surface area contributed by atoms with E-state index in [4.69, 9.17) is 0 Å². The predicted molar refractivity (Wildman–Crippen MR) is 66.0 cm³/mol. The Balaban J connectivity index is 2.21. The number of rotatable bonds is 3. The van der Waals surface area contributed by atoms with Gasteiger partial charge in [-0.25, -0.2) is 8.42 Å². The third-order valence-corrected chi connectivity index (χ3v) is 7.20. The van der Waals surface area contributed by atoms with E-state index in [1.165, 1.54) is 15.6 Å². The summed E-state index contributed by atoms with van der Waals surface area (Å²) in [6.45, 7) is 2.23. The van der Waals surface area contributed by atoms with E-state index in [1.807, 2.05) is 6.92 Å². The predicted octanol–water partition coefficient (Wildman–Crippen LogP) is 1.66. The van der Waals surface area contributed by atoms with Gasteiger partial charge in [-0.2, -0.15) is 4.31 Å². The molecule has 2 heterocycles. The fraction of sp³-hybridized carbons (Fsp3) is 0.556. The van der Waals surface area contributed by atoms with Gasteiger partial charge in [-0.15, -0.1) is 11.3 Å². The smallest absolute Gasteiger partial charge is 0.253 e. The van der Waals surface area contributed by atoms with Gasteiger partial charge in [0.15, 0.2) is 0 Å². The van der Waals surface area contributed by atoms with Crippen LogP contribution >= 0.6 is 27.3 Å². The zero-order chi connectivity index (χ0) is 12.0. The normalized spacial score (nSPS) is 20.7. The minimum atomic E-state index is -3.43. The van der Waals surface area contributed by atoms with Gasteiger partial charge in [-0.1, -0.05) is 6.92 Å². The highest BCUT2D eigenvalue weighted by Gasteiger charge is 2.46. The van der Waals surface area contributed by atoms with Gasteiger partial charge >= 0.3 is 0 Å². The monoisotopic (exact) mass is 325 g/mol. The van der Waals surface area contributed by atoms with Crippen molar-refractivity contribution in [3.05, 3.63) is 15.9 Å². The third-order valence-electron chi connectivity index (χ3n) is 2.76. The van der Waals surface area contributed by atoms with Gasteiger partial charge in [0.1, 0.15) is 4.21 Å². The van der Waals surface area contributed by atoms with Crippen LogP contribution in [0.2, 0.25) is 0 Å². The molecule has 0 saturated carbocycles. The maximum absolute atomic E-state index is 12.1. The fourth-order valence-corrected chi connectivity index (χ4v) is 5.63. The lowest BCUT2D eigenvalue weighted by atomic mass is 9.94. The Kier molecular flexibility index (Phi) is 3.17. The summed E-state index contributed by atoms with van der Waals surface area (Å²) in [7, 11) is -3.43. The SMILES string of the molecule is CCC1(O)CN(S(=O)(=O)c2sccc2Br)C1. The van der Waals surface area contributed by atoms with Crippen LogP contribution in [0.1, 0.15) is 13.3 Å². The summed E-state index contributed by atoms with van der Waals surface area (Å²) in [5, 5.41) is 11.5. The topological polar surface area (TPSA) is 57.6 Å². The van der Waals surface area contributed by atoms with Gasteiger partial charge < -0.3 is 5.11 Å². The van der Waals surface area contributed by atoms with Gasteiger partial charge in [-0.05, 0) is 33.8 Å². The number of hydrogen-bond donors (Lipinski definition) is 1. The lowest BCUT2D eigenvalue weighted by molar-refractivity contribution is -0.0612. The maximum atomic E-state index is 12.1. The lowest BCUT2D eigenvalue weighted by Gasteiger charge is -2.44. The Morgan fingerprint density at radius 3 is 2.69 bits per heavy atom. The molecule has 16 heavy (non-hydrogen) atoms. The largest absolute Gasteiger partial charge is 0.387 e. The van der Waals surface area contributed by atoms with E-state index in [2.05, 4.69) is 15.9 Å². The molecule has 0 radical (unpaired) electrons. The van der Waals surface area contributed by atoms with Crippen LogP contribution in [0.4, 0.5) is 0 Å². The van der Waals surface area contributed by atoms with E-state index < -0.39 is 15.6 Å². The quantitative estimate of drug-likeness (QED) is 0.919. The molecule has 1 aromatic rings. The van der Waals surface area contributed by atoms with Gasteiger partial charge in [0.05, 0.1) is 5.60 Å². The Labute approximate surface area is 107 Å². The second kappa shape index (κ2) is 4.06. The van der Waals surface area contributed by atoms with Crippen molar-refractivity contribution in [2.24, 2.45) is 0 Å². The minimum Gasteiger partial charge on any atom is -0.387 e. The molecule has 1 aliphatic rings. The maximum Gasteiger partial charge on any atom is 0.253 e.